The number of hydrazone groups is 1. The number of fused-ring (bicyclic) bond motifs is 2. The van der Waals surface area contributed by atoms with E-state index in [1.165, 1.54) is 11.3 Å². The Labute approximate surface area is 358 Å². The van der Waals surface area contributed by atoms with Crippen LogP contribution in [0.25, 0.3) is 21.0 Å². The van der Waals surface area contributed by atoms with Crippen molar-refractivity contribution in [2.75, 3.05) is 3.22 Å². The van der Waals surface area contributed by atoms with Gasteiger partial charge in [0.1, 0.15) is 23.0 Å². The molecule has 0 N–H and O–H groups in total. The molecular weight excluding hydrogens is 881 g/mol. The fourth-order valence-corrected chi connectivity index (χ4v) is 8.88. The quantitative estimate of drug-likeness (QED) is 0.0309. The van der Waals surface area contributed by atoms with Crippen LogP contribution in [0.3, 0.4) is 0 Å². The number of hydrogen-bond acceptors (Lipinski definition) is 12. The third-order valence-electron chi connectivity index (χ3n) is 10.8. The van der Waals surface area contributed by atoms with Crippen LogP contribution in [0.2, 0.25) is 0 Å². The molecule has 0 aliphatic heterocycles. The zero-order chi connectivity index (χ0) is 40.7. The molecule has 0 spiro atoms. The molecule has 5 aromatic carbocycles. The lowest BCUT2D eigenvalue weighted by Crippen LogP contribution is -2.30. The Morgan fingerprint density at radius 3 is 1.61 bits per heavy atom. The molecule has 1 heterocycles. The maximum absolute atomic E-state index is 13.7. The van der Waals surface area contributed by atoms with Crippen molar-refractivity contribution in [3.63, 3.8) is 0 Å². The van der Waals surface area contributed by atoms with Gasteiger partial charge in [0.05, 0.1) is 63.0 Å². The van der Waals surface area contributed by atoms with Crippen molar-refractivity contribution in [3.05, 3.63) is 121 Å². The largest absolute Gasteiger partial charge is 0.426 e. The minimum absolute atomic E-state index is 0.268. The molecule has 8 rings (SSSR count). The van der Waals surface area contributed by atoms with Crippen LogP contribution in [0.5, 0.6) is 23.0 Å². The highest BCUT2D eigenvalue weighted by Gasteiger charge is 2.34. The summed E-state index contributed by atoms with van der Waals surface area (Å²) in [5.41, 5.74) is 1.41. The number of ether oxygens (including phenoxy) is 4. The minimum Gasteiger partial charge on any atom is -0.426 e. The maximum Gasteiger partial charge on any atom is 0.314 e. The number of thiazole rings is 1. The lowest BCUT2D eigenvalue weighted by molar-refractivity contribution is -0.145. The molecule has 0 atom stereocenters. The van der Waals surface area contributed by atoms with E-state index < -0.39 is 0 Å². The number of para-hydroxylation sites is 3. The molecule has 0 saturated heterocycles. The summed E-state index contributed by atoms with van der Waals surface area (Å²) in [5.74, 6) is -0.826. The van der Waals surface area contributed by atoms with Gasteiger partial charge in [-0.2, -0.15) is 8.32 Å². The molecule has 300 valence electrons. The van der Waals surface area contributed by atoms with Crippen LogP contribution < -0.4 is 22.2 Å². The summed E-state index contributed by atoms with van der Waals surface area (Å²) in [7, 11) is 0. The van der Waals surface area contributed by atoms with Crippen LogP contribution in [-0.4, -0.2) is 35.1 Å². The van der Waals surface area contributed by atoms with Crippen molar-refractivity contribution < 1.29 is 38.1 Å². The van der Waals surface area contributed by atoms with E-state index >= 15 is 0 Å². The van der Waals surface area contributed by atoms with E-state index in [2.05, 4.69) is 32.9 Å². The number of carbonyl (C=O) groups excluding carboxylic acids is 4. The second-order valence-electron chi connectivity index (χ2n) is 14.8. The van der Waals surface area contributed by atoms with Crippen LogP contribution in [-0.2, 0) is 19.2 Å². The van der Waals surface area contributed by atoms with Crippen LogP contribution in [0.1, 0.15) is 56.9 Å². The summed E-state index contributed by atoms with van der Waals surface area (Å²) in [6.07, 6.45) is 5.79. The number of hydrogen-bond donors (Lipinski definition) is 0. The summed E-state index contributed by atoms with van der Waals surface area (Å²) < 4.78 is 25.8. The van der Waals surface area contributed by atoms with Crippen LogP contribution in [0, 0.1) is 23.7 Å². The van der Waals surface area contributed by atoms with Gasteiger partial charge in [0.2, 0.25) is 5.13 Å². The minimum atomic E-state index is -0.383. The average Bonchev–Trinajstić information content (AvgIpc) is 3.71. The van der Waals surface area contributed by atoms with Gasteiger partial charge >= 0.3 is 23.9 Å². The molecular formula is C46H40IN3O8S. The van der Waals surface area contributed by atoms with Crippen molar-refractivity contribution in [1.29, 1.82) is 0 Å². The zero-order valence-electron chi connectivity index (χ0n) is 31.9. The first kappa shape index (κ1) is 40.1. The summed E-state index contributed by atoms with van der Waals surface area (Å²) in [6.45, 7) is 0. The van der Waals surface area contributed by atoms with Crippen LogP contribution >= 0.6 is 34.2 Å². The van der Waals surface area contributed by atoms with E-state index in [0.29, 0.717) is 85.1 Å². The number of halogens is 1. The van der Waals surface area contributed by atoms with Crippen LogP contribution in [0.4, 0.5) is 5.13 Å². The highest BCUT2D eigenvalue weighted by molar-refractivity contribution is 14.1. The number of esters is 4. The first-order chi connectivity index (χ1) is 28.8. The number of aromatic nitrogens is 1. The summed E-state index contributed by atoms with van der Waals surface area (Å²) in [4.78, 5) is 57.2. The van der Waals surface area contributed by atoms with Gasteiger partial charge in [-0.25, -0.2) is 4.98 Å². The van der Waals surface area contributed by atoms with Crippen LogP contribution in [0.15, 0.2) is 120 Å². The Kier molecular flexibility index (Phi) is 12.6. The highest BCUT2D eigenvalue weighted by atomic mass is 127. The molecule has 2 saturated carbocycles. The van der Waals surface area contributed by atoms with Gasteiger partial charge in [-0.3, -0.25) is 19.2 Å². The average molecular weight is 922 g/mol. The van der Waals surface area contributed by atoms with Gasteiger partial charge < -0.3 is 18.9 Å². The Morgan fingerprint density at radius 2 is 1.07 bits per heavy atom. The third-order valence-corrected chi connectivity index (χ3v) is 12.9. The van der Waals surface area contributed by atoms with E-state index in [4.69, 9.17) is 18.9 Å². The van der Waals surface area contributed by atoms with Crippen molar-refractivity contribution in [1.82, 2.24) is 4.98 Å². The number of benzene rings is 5. The molecule has 1 aromatic heterocycles. The fraction of sp³-hybridized carbons (Fsp3) is 0.261. The van der Waals surface area contributed by atoms with Gasteiger partial charge in [0.15, 0.2) is 0 Å². The Balaban J connectivity index is 0.954. The molecule has 2 fully saturated rings. The normalized spacial score (nSPS) is 19.3. The van der Waals surface area contributed by atoms with Gasteiger partial charge in [0.25, 0.3) is 0 Å². The molecule has 0 unspecified atom stereocenters. The SMILES string of the molecule is O=C(Oc1ccccc1)C1CCC(C(=O)Oc2ccc3cc(OC(=O)C4CCC(C(=O)Oc5ccccc5)CC4)c(/C=N/N(I)c4nc5ccccc5s4)cc3c2)CC1. The van der Waals surface area contributed by atoms with Crippen molar-refractivity contribution in [2.45, 2.75) is 51.4 Å². The lowest BCUT2D eigenvalue weighted by Gasteiger charge is -2.26. The van der Waals surface area contributed by atoms with Crippen molar-refractivity contribution in [2.24, 2.45) is 28.8 Å². The molecule has 11 nitrogen and oxygen atoms in total. The molecule has 0 bridgehead atoms. The summed E-state index contributed by atoms with van der Waals surface area (Å²) >= 11 is 3.58. The van der Waals surface area contributed by atoms with Gasteiger partial charge in [-0.1, -0.05) is 65.9 Å². The van der Waals surface area contributed by atoms with Gasteiger partial charge in [-0.15, -0.1) is 0 Å². The van der Waals surface area contributed by atoms with Crippen molar-refractivity contribution in [3.8, 4) is 23.0 Å². The Hall–Kier alpha value is -5.67. The standard InChI is InChI=1S/C46H40IN3O8S/c47-50(46-49-39-13-7-8-14-41(39)59-46)48-28-35-25-34-26-38(57-44(53)31-17-15-29(16-18-31)42(51)55-36-9-3-1-4-10-36)24-23-33(34)27-40(35)58-45(54)32-21-19-30(20-22-32)43(52)56-37-11-5-2-6-12-37/h1-14,23-32H,15-22H2/b48-28+. The van der Waals surface area contributed by atoms with Gasteiger partial charge in [-0.05, 0) is 123 Å². The monoisotopic (exact) mass is 921 g/mol. The molecule has 2 aliphatic rings. The van der Waals surface area contributed by atoms with E-state index in [0.717, 1.165) is 21.0 Å². The van der Waals surface area contributed by atoms with E-state index in [-0.39, 0.29) is 47.5 Å². The predicted molar refractivity (Wildman–Crippen MR) is 234 cm³/mol. The number of nitrogens with zero attached hydrogens (tertiary/aromatic N) is 3. The molecule has 6 aromatic rings. The highest BCUT2D eigenvalue weighted by Crippen LogP contribution is 2.36. The third kappa shape index (κ3) is 9.97. The lowest BCUT2D eigenvalue weighted by atomic mass is 9.82. The zero-order valence-corrected chi connectivity index (χ0v) is 34.9. The molecule has 0 radical (unpaired) electrons. The summed E-state index contributed by atoms with van der Waals surface area (Å²) in [5, 5.41) is 6.87. The number of anilines is 1. The Bertz CT molecular complexity index is 2460. The topological polar surface area (TPSA) is 134 Å². The van der Waals surface area contributed by atoms with Crippen molar-refractivity contribution >= 4 is 90.4 Å². The Morgan fingerprint density at radius 1 is 0.576 bits per heavy atom. The first-order valence-electron chi connectivity index (χ1n) is 19.7. The smallest absolute Gasteiger partial charge is 0.314 e. The molecule has 2 aliphatic carbocycles. The molecule has 0 amide bonds. The number of carbonyl (C=O) groups is 4. The predicted octanol–water partition coefficient (Wildman–Crippen LogP) is 10.3. The van der Waals surface area contributed by atoms with E-state index in [1.807, 2.05) is 72.8 Å². The fourth-order valence-electron chi connectivity index (χ4n) is 7.52. The molecule has 59 heavy (non-hydrogen) atoms. The second-order valence-corrected chi connectivity index (χ2v) is 16.7. The number of rotatable bonds is 11. The first-order valence-corrected chi connectivity index (χ1v) is 21.4. The van der Waals surface area contributed by atoms with E-state index in [1.54, 1.807) is 51.9 Å². The summed E-state index contributed by atoms with van der Waals surface area (Å²) in [6, 6.07) is 34.8. The van der Waals surface area contributed by atoms with E-state index in [9.17, 15) is 19.2 Å². The second kappa shape index (κ2) is 18.5. The molecule has 13 heteroatoms. The maximum atomic E-state index is 13.7. The van der Waals surface area contributed by atoms with Gasteiger partial charge in [0, 0.05) is 5.56 Å².